The summed E-state index contributed by atoms with van der Waals surface area (Å²) in [4.78, 5) is 17.0. The maximum atomic E-state index is 11.8. The Bertz CT molecular complexity index is 633. The number of nitriles is 1. The number of hydrogen-bond acceptors (Lipinski definition) is 4. The summed E-state index contributed by atoms with van der Waals surface area (Å²) in [6, 6.07) is 10.7. The molecule has 2 aromatic rings. The van der Waals surface area contributed by atoms with Crippen LogP contribution in [-0.2, 0) is 6.42 Å². The predicted octanol–water partition coefficient (Wildman–Crippen LogP) is 2.75. The lowest BCUT2D eigenvalue weighted by atomic mass is 10.3. The van der Waals surface area contributed by atoms with Gasteiger partial charge in [0.2, 0.25) is 0 Å². The molecule has 1 N–H and O–H groups in total. The summed E-state index contributed by atoms with van der Waals surface area (Å²) in [5.74, 6) is -0.257. The van der Waals surface area contributed by atoms with Crippen LogP contribution in [0.1, 0.15) is 21.1 Å². The first kappa shape index (κ1) is 13.7. The normalized spacial score (nSPS) is 9.89. The zero-order valence-corrected chi connectivity index (χ0v) is 12.3. The molecule has 0 atom stereocenters. The first-order valence-electron chi connectivity index (χ1n) is 5.58. The highest BCUT2D eigenvalue weighted by Crippen LogP contribution is 2.22. The Morgan fingerprint density at radius 1 is 1.42 bits per heavy atom. The second kappa shape index (κ2) is 6.45. The molecule has 2 aromatic heterocycles. The summed E-state index contributed by atoms with van der Waals surface area (Å²) < 4.78 is 1.08. The molecule has 0 fully saturated rings. The SMILES string of the molecule is N#Cc1cccc(C(=O)NCCc2ccc(Br)s2)n1. The molecule has 0 spiro atoms. The zero-order chi connectivity index (χ0) is 13.7. The molecule has 0 bridgehead atoms. The summed E-state index contributed by atoms with van der Waals surface area (Å²) in [5, 5.41) is 11.5. The van der Waals surface area contributed by atoms with Crippen molar-refractivity contribution in [2.75, 3.05) is 6.54 Å². The Morgan fingerprint density at radius 2 is 2.26 bits per heavy atom. The van der Waals surface area contributed by atoms with Crippen LogP contribution in [0, 0.1) is 11.3 Å². The molecule has 0 aliphatic carbocycles. The Hall–Kier alpha value is -1.71. The predicted molar refractivity (Wildman–Crippen MR) is 77.0 cm³/mol. The van der Waals surface area contributed by atoms with E-state index in [-0.39, 0.29) is 17.3 Å². The van der Waals surface area contributed by atoms with Crippen LogP contribution in [0.3, 0.4) is 0 Å². The van der Waals surface area contributed by atoms with E-state index in [1.54, 1.807) is 29.5 Å². The van der Waals surface area contributed by atoms with E-state index in [2.05, 4.69) is 26.2 Å². The molecule has 0 aliphatic heterocycles. The van der Waals surface area contributed by atoms with Gasteiger partial charge in [-0.25, -0.2) is 4.98 Å². The molecule has 4 nitrogen and oxygen atoms in total. The van der Waals surface area contributed by atoms with Crippen molar-refractivity contribution in [1.82, 2.24) is 10.3 Å². The topological polar surface area (TPSA) is 65.8 Å². The van der Waals surface area contributed by atoms with Gasteiger partial charge in [-0.2, -0.15) is 5.26 Å². The number of aromatic nitrogens is 1. The van der Waals surface area contributed by atoms with Crippen molar-refractivity contribution >= 4 is 33.2 Å². The molecule has 0 aromatic carbocycles. The minimum Gasteiger partial charge on any atom is -0.350 e. The monoisotopic (exact) mass is 335 g/mol. The van der Waals surface area contributed by atoms with Gasteiger partial charge in [0, 0.05) is 11.4 Å². The Morgan fingerprint density at radius 3 is 2.95 bits per heavy atom. The third kappa shape index (κ3) is 3.88. The van der Waals surface area contributed by atoms with Crippen molar-refractivity contribution < 1.29 is 4.79 Å². The first-order chi connectivity index (χ1) is 9.19. The maximum absolute atomic E-state index is 11.8. The lowest BCUT2D eigenvalue weighted by molar-refractivity contribution is 0.0949. The van der Waals surface area contributed by atoms with Gasteiger partial charge in [-0.1, -0.05) is 6.07 Å². The lowest BCUT2D eigenvalue weighted by Crippen LogP contribution is -2.26. The van der Waals surface area contributed by atoms with Gasteiger partial charge in [0.1, 0.15) is 17.5 Å². The Balaban J connectivity index is 1.89. The van der Waals surface area contributed by atoms with Gasteiger partial charge >= 0.3 is 0 Å². The van der Waals surface area contributed by atoms with Gasteiger partial charge in [0.25, 0.3) is 5.91 Å². The number of carbonyl (C=O) groups excluding carboxylic acids is 1. The minimum absolute atomic E-state index is 0.245. The molecule has 2 heterocycles. The van der Waals surface area contributed by atoms with Crippen molar-refractivity contribution in [3.05, 3.63) is 50.4 Å². The number of halogens is 1. The van der Waals surface area contributed by atoms with Crippen molar-refractivity contribution in [1.29, 1.82) is 5.26 Å². The molecule has 2 rings (SSSR count). The number of rotatable bonds is 4. The van der Waals surface area contributed by atoms with E-state index >= 15 is 0 Å². The van der Waals surface area contributed by atoms with Gasteiger partial charge in [-0.15, -0.1) is 11.3 Å². The molecular weight excluding hydrogens is 326 g/mol. The smallest absolute Gasteiger partial charge is 0.269 e. The van der Waals surface area contributed by atoms with Crippen molar-refractivity contribution in [2.24, 2.45) is 0 Å². The van der Waals surface area contributed by atoms with Crippen LogP contribution in [0.2, 0.25) is 0 Å². The molecule has 0 unspecified atom stereocenters. The van der Waals surface area contributed by atoms with E-state index in [0.29, 0.717) is 6.54 Å². The molecule has 19 heavy (non-hydrogen) atoms. The molecule has 6 heteroatoms. The largest absolute Gasteiger partial charge is 0.350 e. The second-order valence-corrected chi connectivity index (χ2v) is 6.28. The number of hydrogen-bond donors (Lipinski definition) is 1. The molecule has 0 aliphatic rings. The first-order valence-corrected chi connectivity index (χ1v) is 7.19. The van der Waals surface area contributed by atoms with Crippen LogP contribution in [-0.4, -0.2) is 17.4 Å². The Labute approximate surface area is 123 Å². The third-order valence-electron chi connectivity index (χ3n) is 2.38. The van der Waals surface area contributed by atoms with Crippen LogP contribution in [0.5, 0.6) is 0 Å². The lowest BCUT2D eigenvalue weighted by Gasteiger charge is -2.03. The summed E-state index contributed by atoms with van der Waals surface area (Å²) >= 11 is 5.04. The van der Waals surface area contributed by atoms with Gasteiger partial charge in [-0.05, 0) is 46.6 Å². The van der Waals surface area contributed by atoms with Crippen LogP contribution < -0.4 is 5.32 Å². The van der Waals surface area contributed by atoms with E-state index in [0.717, 1.165) is 10.2 Å². The number of nitrogens with one attached hydrogen (secondary N) is 1. The number of thiophene rings is 1. The highest BCUT2D eigenvalue weighted by atomic mass is 79.9. The quantitative estimate of drug-likeness (QED) is 0.934. The Kier molecular flexibility index (Phi) is 4.66. The molecule has 0 saturated heterocycles. The highest BCUT2D eigenvalue weighted by Gasteiger charge is 2.07. The van der Waals surface area contributed by atoms with E-state index in [1.807, 2.05) is 18.2 Å². The number of carbonyl (C=O) groups is 1. The fraction of sp³-hybridized carbons (Fsp3) is 0.154. The summed E-state index contributed by atoms with van der Waals surface area (Å²) in [7, 11) is 0. The molecule has 0 radical (unpaired) electrons. The van der Waals surface area contributed by atoms with Gasteiger partial charge in [-0.3, -0.25) is 4.79 Å². The fourth-order valence-corrected chi connectivity index (χ4v) is 2.98. The zero-order valence-electron chi connectivity index (χ0n) is 9.89. The van der Waals surface area contributed by atoms with E-state index in [9.17, 15) is 4.79 Å². The van der Waals surface area contributed by atoms with Crippen LogP contribution in [0.4, 0.5) is 0 Å². The standard InChI is InChI=1S/C13H10BrN3OS/c14-12-5-4-10(19-12)6-7-16-13(18)11-3-1-2-9(8-15)17-11/h1-5H,6-7H2,(H,16,18). The van der Waals surface area contributed by atoms with Gasteiger partial charge in [0.05, 0.1) is 3.79 Å². The van der Waals surface area contributed by atoms with Gasteiger partial charge in [0.15, 0.2) is 0 Å². The molecule has 1 amide bonds. The summed E-state index contributed by atoms with van der Waals surface area (Å²) in [5.41, 5.74) is 0.515. The number of pyridine rings is 1. The number of amides is 1. The van der Waals surface area contributed by atoms with E-state index in [4.69, 9.17) is 5.26 Å². The minimum atomic E-state index is -0.257. The molecule has 0 saturated carbocycles. The maximum Gasteiger partial charge on any atom is 0.269 e. The fourth-order valence-electron chi connectivity index (χ4n) is 1.50. The van der Waals surface area contributed by atoms with Crippen LogP contribution in [0.25, 0.3) is 0 Å². The van der Waals surface area contributed by atoms with Crippen molar-refractivity contribution in [3.8, 4) is 6.07 Å². The highest BCUT2D eigenvalue weighted by molar-refractivity contribution is 9.11. The van der Waals surface area contributed by atoms with Gasteiger partial charge < -0.3 is 5.32 Å². The van der Waals surface area contributed by atoms with Crippen molar-refractivity contribution in [3.63, 3.8) is 0 Å². The average Bonchev–Trinajstić information content (AvgIpc) is 2.84. The van der Waals surface area contributed by atoms with E-state index in [1.165, 1.54) is 4.88 Å². The molecular formula is C13H10BrN3OS. The van der Waals surface area contributed by atoms with Crippen LogP contribution in [0.15, 0.2) is 34.1 Å². The summed E-state index contributed by atoms with van der Waals surface area (Å²) in [6.07, 6.45) is 0.778. The second-order valence-electron chi connectivity index (χ2n) is 3.73. The third-order valence-corrected chi connectivity index (χ3v) is 4.07. The summed E-state index contributed by atoms with van der Waals surface area (Å²) in [6.45, 7) is 0.546. The average molecular weight is 336 g/mol. The number of nitrogens with zero attached hydrogens (tertiary/aromatic N) is 2. The van der Waals surface area contributed by atoms with Crippen molar-refractivity contribution in [2.45, 2.75) is 6.42 Å². The van der Waals surface area contributed by atoms with E-state index < -0.39 is 0 Å². The van der Waals surface area contributed by atoms with Crippen LogP contribution >= 0.6 is 27.3 Å². The molecule has 96 valence electrons.